The fraction of sp³-hybridized carbons (Fsp3) is 1.00. The summed E-state index contributed by atoms with van der Waals surface area (Å²) in [4.78, 5) is 0. The van der Waals surface area contributed by atoms with Crippen LogP contribution < -0.4 is 0 Å². The van der Waals surface area contributed by atoms with Crippen molar-refractivity contribution in [3.8, 4) is 0 Å². The number of rotatable bonds is 2. The number of hydrogen-bond acceptors (Lipinski definition) is 1. The summed E-state index contributed by atoms with van der Waals surface area (Å²) in [5.41, 5.74) is 0.347. The highest BCUT2D eigenvalue weighted by atomic mass is 16.3. The Kier molecular flexibility index (Phi) is 3.22. The zero-order chi connectivity index (χ0) is 13.9. The Morgan fingerprint density at radius 2 is 1.35 bits per heavy atom. The summed E-state index contributed by atoms with van der Waals surface area (Å²) < 4.78 is 0. The van der Waals surface area contributed by atoms with Crippen LogP contribution >= 0.6 is 0 Å². The van der Waals surface area contributed by atoms with Gasteiger partial charge in [-0.1, -0.05) is 20.3 Å². The van der Waals surface area contributed by atoms with Crippen LogP contribution in [0, 0.1) is 40.9 Å². The normalized spacial score (nSPS) is 56.0. The Balaban J connectivity index is 1.52. The van der Waals surface area contributed by atoms with E-state index in [4.69, 9.17) is 0 Å². The highest BCUT2D eigenvalue weighted by Gasteiger charge is 2.55. The first kappa shape index (κ1) is 13.6. The molecule has 0 radical (unpaired) electrons. The highest BCUT2D eigenvalue weighted by Crippen LogP contribution is 2.62. The predicted molar refractivity (Wildman–Crippen MR) is 82.3 cm³/mol. The van der Waals surface area contributed by atoms with E-state index in [0.29, 0.717) is 11.3 Å². The molecule has 1 nitrogen and oxygen atoms in total. The Morgan fingerprint density at radius 3 is 1.85 bits per heavy atom. The van der Waals surface area contributed by atoms with Gasteiger partial charge in [0.2, 0.25) is 0 Å². The molecule has 0 aromatic heterocycles. The van der Waals surface area contributed by atoms with Crippen molar-refractivity contribution >= 4 is 0 Å². The summed E-state index contributed by atoms with van der Waals surface area (Å²) in [5, 5.41) is 11.2. The molecule has 0 aromatic carbocycles. The van der Waals surface area contributed by atoms with E-state index in [1.165, 1.54) is 57.8 Å². The summed E-state index contributed by atoms with van der Waals surface area (Å²) in [5.74, 6) is 5.20. The van der Waals surface area contributed by atoms with Crippen molar-refractivity contribution < 1.29 is 5.11 Å². The lowest BCUT2D eigenvalue weighted by Gasteiger charge is -2.60. The molecular weight excluding hydrogens is 244 g/mol. The average molecular weight is 276 g/mol. The molecule has 0 aliphatic heterocycles. The quantitative estimate of drug-likeness (QED) is 0.779. The molecule has 1 N–H and O–H groups in total. The van der Waals surface area contributed by atoms with E-state index in [-0.39, 0.29) is 6.10 Å². The van der Waals surface area contributed by atoms with Gasteiger partial charge in [0.25, 0.3) is 0 Å². The van der Waals surface area contributed by atoms with Gasteiger partial charge in [-0.25, -0.2) is 0 Å². The first-order valence-corrected chi connectivity index (χ1v) is 9.24. The fourth-order valence-corrected chi connectivity index (χ4v) is 6.92. The predicted octanol–water partition coefficient (Wildman–Crippen LogP) is 4.64. The van der Waals surface area contributed by atoms with Crippen molar-refractivity contribution in [1.29, 1.82) is 0 Å². The van der Waals surface area contributed by atoms with Gasteiger partial charge in [-0.2, -0.15) is 0 Å². The Labute approximate surface area is 124 Å². The van der Waals surface area contributed by atoms with Crippen molar-refractivity contribution in [2.24, 2.45) is 40.9 Å². The summed E-state index contributed by atoms with van der Waals surface area (Å²) in [6, 6.07) is 0. The SMILES string of the molecule is CC1CCC(C(O)C23CC4CC(CC(C4)C2)C3)CC1C. The molecule has 4 unspecified atom stereocenters. The lowest BCUT2D eigenvalue weighted by Crippen LogP contribution is -2.54. The Hall–Kier alpha value is -0.0400. The first-order chi connectivity index (χ1) is 9.56. The summed E-state index contributed by atoms with van der Waals surface area (Å²) in [6.45, 7) is 4.81. The van der Waals surface area contributed by atoms with Gasteiger partial charge in [0.15, 0.2) is 0 Å². The van der Waals surface area contributed by atoms with Crippen LogP contribution in [0.2, 0.25) is 0 Å². The third-order valence-electron chi connectivity index (χ3n) is 7.80. The van der Waals surface area contributed by atoms with E-state index >= 15 is 0 Å². The van der Waals surface area contributed by atoms with E-state index in [0.717, 1.165) is 29.6 Å². The van der Waals surface area contributed by atoms with E-state index in [9.17, 15) is 5.11 Å². The molecule has 5 saturated carbocycles. The van der Waals surface area contributed by atoms with Gasteiger partial charge in [0.1, 0.15) is 0 Å². The molecule has 20 heavy (non-hydrogen) atoms. The monoisotopic (exact) mass is 276 g/mol. The maximum Gasteiger partial charge on any atom is 0.0624 e. The number of aliphatic hydroxyl groups excluding tert-OH is 1. The second-order valence-corrected chi connectivity index (χ2v) is 9.25. The van der Waals surface area contributed by atoms with Crippen LogP contribution in [-0.4, -0.2) is 11.2 Å². The molecule has 1 heteroatoms. The molecule has 4 atom stereocenters. The number of hydrogen-bond donors (Lipinski definition) is 1. The molecule has 5 rings (SSSR count). The molecule has 0 aromatic rings. The van der Waals surface area contributed by atoms with Crippen LogP contribution in [0.5, 0.6) is 0 Å². The molecular formula is C19H32O. The van der Waals surface area contributed by atoms with Gasteiger partial charge in [-0.15, -0.1) is 0 Å². The highest BCUT2D eigenvalue weighted by molar-refractivity contribution is 5.05. The third-order valence-corrected chi connectivity index (χ3v) is 7.80. The van der Waals surface area contributed by atoms with E-state index < -0.39 is 0 Å². The Bertz CT molecular complexity index is 339. The number of aliphatic hydroxyl groups is 1. The molecule has 0 heterocycles. The van der Waals surface area contributed by atoms with Gasteiger partial charge in [0, 0.05) is 0 Å². The van der Waals surface area contributed by atoms with Gasteiger partial charge >= 0.3 is 0 Å². The van der Waals surface area contributed by atoms with Crippen LogP contribution in [0.15, 0.2) is 0 Å². The molecule has 4 bridgehead atoms. The summed E-state index contributed by atoms with van der Waals surface area (Å²) >= 11 is 0. The van der Waals surface area contributed by atoms with Crippen LogP contribution in [0.3, 0.4) is 0 Å². The van der Waals surface area contributed by atoms with Crippen molar-refractivity contribution in [3.05, 3.63) is 0 Å². The minimum atomic E-state index is 0.0193. The minimum absolute atomic E-state index is 0.0193. The largest absolute Gasteiger partial charge is 0.392 e. The maximum atomic E-state index is 11.2. The Morgan fingerprint density at radius 1 is 0.800 bits per heavy atom. The van der Waals surface area contributed by atoms with Gasteiger partial charge in [-0.05, 0) is 92.3 Å². The van der Waals surface area contributed by atoms with Crippen LogP contribution in [0.4, 0.5) is 0 Å². The average Bonchev–Trinajstić information content (AvgIpc) is 2.39. The molecule has 5 aliphatic carbocycles. The van der Waals surface area contributed by atoms with E-state index in [2.05, 4.69) is 13.8 Å². The van der Waals surface area contributed by atoms with Gasteiger partial charge in [-0.3, -0.25) is 0 Å². The van der Waals surface area contributed by atoms with Gasteiger partial charge in [0.05, 0.1) is 6.10 Å². The summed E-state index contributed by atoms with van der Waals surface area (Å²) in [7, 11) is 0. The standard InChI is InChI=1S/C19H32O/c1-12-3-4-17(5-13(12)2)18(20)19-9-14-6-15(10-19)8-16(7-14)11-19/h12-18,20H,3-11H2,1-2H3. The lowest BCUT2D eigenvalue weighted by molar-refractivity contribution is -0.144. The topological polar surface area (TPSA) is 20.2 Å². The van der Waals surface area contributed by atoms with Crippen molar-refractivity contribution in [2.45, 2.75) is 77.7 Å². The smallest absolute Gasteiger partial charge is 0.0624 e. The molecule has 0 amide bonds. The van der Waals surface area contributed by atoms with Crippen LogP contribution in [0.25, 0.3) is 0 Å². The molecule has 5 fully saturated rings. The third kappa shape index (κ3) is 2.07. The molecule has 0 spiro atoms. The van der Waals surface area contributed by atoms with Gasteiger partial charge < -0.3 is 5.11 Å². The first-order valence-electron chi connectivity index (χ1n) is 9.24. The van der Waals surface area contributed by atoms with E-state index in [1.54, 1.807) is 0 Å². The van der Waals surface area contributed by atoms with Crippen LogP contribution in [0.1, 0.15) is 71.6 Å². The second kappa shape index (κ2) is 4.73. The molecule has 5 aliphatic rings. The van der Waals surface area contributed by atoms with Crippen molar-refractivity contribution in [3.63, 3.8) is 0 Å². The van der Waals surface area contributed by atoms with Crippen molar-refractivity contribution in [2.75, 3.05) is 0 Å². The summed E-state index contributed by atoms with van der Waals surface area (Å²) in [6.07, 6.45) is 12.5. The lowest BCUT2D eigenvalue weighted by atomic mass is 9.46. The maximum absolute atomic E-state index is 11.2. The van der Waals surface area contributed by atoms with Crippen molar-refractivity contribution in [1.82, 2.24) is 0 Å². The molecule has 114 valence electrons. The second-order valence-electron chi connectivity index (χ2n) is 9.25. The minimum Gasteiger partial charge on any atom is -0.392 e. The van der Waals surface area contributed by atoms with E-state index in [1.807, 2.05) is 0 Å². The molecule has 0 saturated heterocycles. The fourth-order valence-electron chi connectivity index (χ4n) is 6.92. The zero-order valence-electron chi connectivity index (χ0n) is 13.4. The zero-order valence-corrected chi connectivity index (χ0v) is 13.4. The van der Waals surface area contributed by atoms with Crippen LogP contribution in [-0.2, 0) is 0 Å².